The van der Waals surface area contributed by atoms with Crippen LogP contribution in [0.25, 0.3) is 0 Å². The number of benzene rings is 1. The maximum absolute atomic E-state index is 9.15. The number of methoxy groups -OCH3 is 1. The van der Waals surface area contributed by atoms with Crippen LogP contribution in [0.2, 0.25) is 0 Å². The van der Waals surface area contributed by atoms with Gasteiger partial charge in [0.25, 0.3) is 0 Å². The number of rotatable bonds is 3. The number of hydrogen-bond donors (Lipinski definition) is 0. The average molecular weight is 262 g/mol. The molecule has 0 N–H and O–H groups in total. The van der Waals surface area contributed by atoms with Crippen LogP contribution in [0.4, 0.5) is 0 Å². The van der Waals surface area contributed by atoms with Crippen LogP contribution in [0, 0.1) is 35.0 Å². The molecule has 20 heavy (non-hydrogen) atoms. The molecule has 0 amide bonds. The molecule has 0 radical (unpaired) electrons. The van der Waals surface area contributed by atoms with Crippen molar-refractivity contribution in [2.24, 2.45) is 0 Å². The average Bonchev–Trinajstić information content (AvgIpc) is 2.84. The summed E-state index contributed by atoms with van der Waals surface area (Å²) in [7, 11) is 1.59. The standard InChI is InChI=1S/C15H10N4O/c1-3-15-18-13(8-16)14(9-17)19(15)10-11-4-6-12(20-2)7-5-11/h1,4-7H,10H2,2H3. The zero-order chi connectivity index (χ0) is 14.5. The topological polar surface area (TPSA) is 74.6 Å². The molecule has 1 aromatic carbocycles. The Kier molecular flexibility index (Phi) is 3.70. The minimum atomic E-state index is 0.0500. The lowest BCUT2D eigenvalue weighted by molar-refractivity contribution is 0.414. The third kappa shape index (κ3) is 2.32. The van der Waals surface area contributed by atoms with Gasteiger partial charge in [0.1, 0.15) is 17.9 Å². The fourth-order valence-corrected chi connectivity index (χ4v) is 1.82. The predicted molar refractivity (Wildman–Crippen MR) is 71.7 cm³/mol. The second kappa shape index (κ2) is 5.61. The second-order valence-corrected chi connectivity index (χ2v) is 3.93. The molecular weight excluding hydrogens is 252 g/mol. The van der Waals surface area contributed by atoms with Crippen LogP contribution in [-0.4, -0.2) is 16.7 Å². The first kappa shape index (κ1) is 13.2. The van der Waals surface area contributed by atoms with Crippen LogP contribution in [0.3, 0.4) is 0 Å². The Morgan fingerprint density at radius 2 is 1.95 bits per heavy atom. The molecule has 2 aromatic rings. The Morgan fingerprint density at radius 3 is 2.45 bits per heavy atom. The van der Waals surface area contributed by atoms with Gasteiger partial charge in [-0.2, -0.15) is 10.5 Å². The molecule has 0 aliphatic carbocycles. The summed E-state index contributed by atoms with van der Waals surface area (Å²) < 4.78 is 6.64. The quantitative estimate of drug-likeness (QED) is 0.788. The van der Waals surface area contributed by atoms with Gasteiger partial charge < -0.3 is 9.30 Å². The minimum Gasteiger partial charge on any atom is -0.497 e. The van der Waals surface area contributed by atoms with Crippen LogP contribution in [0.15, 0.2) is 24.3 Å². The van der Waals surface area contributed by atoms with E-state index < -0.39 is 0 Å². The van der Waals surface area contributed by atoms with Crippen molar-refractivity contribution in [1.82, 2.24) is 9.55 Å². The van der Waals surface area contributed by atoms with Gasteiger partial charge >= 0.3 is 0 Å². The van der Waals surface area contributed by atoms with Crippen molar-refractivity contribution in [3.8, 4) is 30.2 Å². The van der Waals surface area contributed by atoms with Crippen molar-refractivity contribution in [3.05, 3.63) is 47.0 Å². The first-order valence-corrected chi connectivity index (χ1v) is 5.73. The second-order valence-electron chi connectivity index (χ2n) is 3.93. The van der Waals surface area contributed by atoms with Crippen molar-refractivity contribution in [1.29, 1.82) is 10.5 Å². The smallest absolute Gasteiger partial charge is 0.187 e. The Hall–Kier alpha value is -3.23. The van der Waals surface area contributed by atoms with Crippen molar-refractivity contribution < 1.29 is 4.74 Å². The van der Waals surface area contributed by atoms with Gasteiger partial charge in [-0.25, -0.2) is 4.98 Å². The van der Waals surface area contributed by atoms with Gasteiger partial charge in [0.15, 0.2) is 17.2 Å². The molecule has 5 nitrogen and oxygen atoms in total. The van der Waals surface area contributed by atoms with Gasteiger partial charge in [-0.15, -0.1) is 6.42 Å². The van der Waals surface area contributed by atoms with E-state index in [4.69, 9.17) is 21.7 Å². The highest BCUT2D eigenvalue weighted by Crippen LogP contribution is 2.16. The molecule has 2 rings (SSSR count). The number of imidazole rings is 1. The maximum atomic E-state index is 9.15. The molecule has 0 unspecified atom stereocenters. The molecule has 0 spiro atoms. The first-order valence-electron chi connectivity index (χ1n) is 5.73. The van der Waals surface area contributed by atoms with E-state index in [1.54, 1.807) is 11.7 Å². The highest BCUT2D eigenvalue weighted by molar-refractivity contribution is 5.42. The molecule has 0 atom stereocenters. The zero-order valence-electron chi connectivity index (χ0n) is 10.8. The molecule has 0 saturated carbocycles. The van der Waals surface area contributed by atoms with Gasteiger partial charge in [0, 0.05) is 0 Å². The molecule has 0 aliphatic heterocycles. The molecule has 0 bridgehead atoms. The van der Waals surface area contributed by atoms with Crippen LogP contribution < -0.4 is 4.74 Å². The molecule has 1 aromatic heterocycles. The van der Waals surface area contributed by atoms with Crippen molar-refractivity contribution >= 4 is 0 Å². The van der Waals surface area contributed by atoms with Crippen LogP contribution in [0.5, 0.6) is 5.75 Å². The van der Waals surface area contributed by atoms with Crippen LogP contribution >= 0.6 is 0 Å². The third-order valence-corrected chi connectivity index (χ3v) is 2.81. The normalized spacial score (nSPS) is 9.30. The third-order valence-electron chi connectivity index (χ3n) is 2.81. The SMILES string of the molecule is C#Cc1nc(C#N)c(C#N)n1Cc1ccc(OC)cc1. The maximum Gasteiger partial charge on any atom is 0.187 e. The van der Waals surface area contributed by atoms with Gasteiger partial charge in [-0.3, -0.25) is 0 Å². The Bertz CT molecular complexity index is 751. The zero-order valence-corrected chi connectivity index (χ0v) is 10.8. The van der Waals surface area contributed by atoms with Crippen molar-refractivity contribution in [3.63, 3.8) is 0 Å². The van der Waals surface area contributed by atoms with Gasteiger partial charge in [0.2, 0.25) is 0 Å². The summed E-state index contributed by atoms with van der Waals surface area (Å²) in [6.07, 6.45) is 5.37. The van der Waals surface area contributed by atoms with Crippen molar-refractivity contribution in [2.75, 3.05) is 7.11 Å². The lowest BCUT2D eigenvalue weighted by Gasteiger charge is -2.07. The lowest BCUT2D eigenvalue weighted by Crippen LogP contribution is -2.05. The molecule has 1 heterocycles. The monoisotopic (exact) mass is 262 g/mol. The van der Waals surface area contributed by atoms with E-state index in [0.717, 1.165) is 11.3 Å². The summed E-state index contributed by atoms with van der Waals surface area (Å²) in [4.78, 5) is 3.97. The van der Waals surface area contributed by atoms with E-state index in [1.165, 1.54) is 0 Å². The number of nitriles is 2. The van der Waals surface area contributed by atoms with E-state index in [-0.39, 0.29) is 17.2 Å². The number of hydrogen-bond acceptors (Lipinski definition) is 4. The van der Waals surface area contributed by atoms with Gasteiger partial charge in [0.05, 0.1) is 13.7 Å². The lowest BCUT2D eigenvalue weighted by atomic mass is 10.2. The summed E-state index contributed by atoms with van der Waals surface area (Å²) >= 11 is 0. The van der Waals surface area contributed by atoms with E-state index in [9.17, 15) is 0 Å². The predicted octanol–water partition coefficient (Wildman–Crippen LogP) is 1.66. The molecule has 96 valence electrons. The molecule has 0 saturated heterocycles. The fourth-order valence-electron chi connectivity index (χ4n) is 1.82. The van der Waals surface area contributed by atoms with Crippen molar-refractivity contribution in [2.45, 2.75) is 6.54 Å². The molecular formula is C15H10N4O. The van der Waals surface area contributed by atoms with Gasteiger partial charge in [-0.1, -0.05) is 12.1 Å². The first-order chi connectivity index (χ1) is 9.73. The highest BCUT2D eigenvalue weighted by atomic mass is 16.5. The molecule has 5 heteroatoms. The Balaban J connectivity index is 2.43. The van der Waals surface area contributed by atoms with Crippen LogP contribution in [-0.2, 0) is 6.54 Å². The summed E-state index contributed by atoms with van der Waals surface area (Å²) in [5, 5.41) is 18.1. The summed E-state index contributed by atoms with van der Waals surface area (Å²) in [6, 6.07) is 11.2. The molecule has 0 aliphatic rings. The fraction of sp³-hybridized carbons (Fsp3) is 0.133. The summed E-state index contributed by atoms with van der Waals surface area (Å²) in [5.74, 6) is 3.41. The van der Waals surface area contributed by atoms with E-state index in [0.29, 0.717) is 6.54 Å². The van der Waals surface area contributed by atoms with Crippen LogP contribution in [0.1, 0.15) is 22.8 Å². The highest BCUT2D eigenvalue weighted by Gasteiger charge is 2.15. The van der Waals surface area contributed by atoms with E-state index >= 15 is 0 Å². The summed E-state index contributed by atoms with van der Waals surface area (Å²) in [5.41, 5.74) is 1.16. The number of ether oxygens (including phenoxy) is 1. The number of nitrogens with zero attached hydrogens (tertiary/aromatic N) is 4. The Labute approximate surface area is 116 Å². The number of terminal acetylenes is 1. The summed E-state index contributed by atoms with van der Waals surface area (Å²) in [6.45, 7) is 0.376. The minimum absolute atomic E-state index is 0.0500. The van der Waals surface area contributed by atoms with Gasteiger partial charge in [-0.05, 0) is 23.6 Å². The molecule has 0 fully saturated rings. The number of aromatic nitrogens is 2. The Morgan fingerprint density at radius 1 is 1.25 bits per heavy atom. The van der Waals surface area contributed by atoms with E-state index in [1.807, 2.05) is 36.4 Å². The van der Waals surface area contributed by atoms with E-state index in [2.05, 4.69) is 10.9 Å². The largest absolute Gasteiger partial charge is 0.497 e.